The molecule has 0 aliphatic heterocycles. The van der Waals surface area contributed by atoms with Gasteiger partial charge in [-0.25, -0.2) is 5.43 Å². The Morgan fingerprint density at radius 1 is 1.28 bits per heavy atom. The van der Waals surface area contributed by atoms with E-state index >= 15 is 0 Å². The molecule has 0 spiro atoms. The summed E-state index contributed by atoms with van der Waals surface area (Å²) in [6, 6.07) is 10.00. The van der Waals surface area contributed by atoms with Crippen LogP contribution >= 0.6 is 27.3 Å². The fourth-order valence-corrected chi connectivity index (χ4v) is 3.46. The van der Waals surface area contributed by atoms with E-state index < -0.39 is 0 Å². The standard InChI is InChI=1S/C13H11BrN2OS/c14-10-5-6-17-13(10)12(16-15)9-7-18-11-4-2-1-3-8(9)11/h1-7,12,16H,15H2. The van der Waals surface area contributed by atoms with Crippen molar-refractivity contribution in [3.63, 3.8) is 0 Å². The lowest BCUT2D eigenvalue weighted by Gasteiger charge is -2.13. The highest BCUT2D eigenvalue weighted by molar-refractivity contribution is 9.10. The van der Waals surface area contributed by atoms with Crippen LogP contribution < -0.4 is 11.3 Å². The summed E-state index contributed by atoms with van der Waals surface area (Å²) in [5, 5.41) is 3.32. The monoisotopic (exact) mass is 322 g/mol. The Kier molecular flexibility index (Phi) is 3.22. The van der Waals surface area contributed by atoms with Crippen LogP contribution in [0.5, 0.6) is 0 Å². The molecule has 3 N–H and O–H groups in total. The lowest BCUT2D eigenvalue weighted by Crippen LogP contribution is -2.28. The second kappa shape index (κ2) is 4.85. The molecule has 0 aliphatic carbocycles. The number of hydrogen-bond acceptors (Lipinski definition) is 4. The average Bonchev–Trinajstić information content (AvgIpc) is 2.99. The van der Waals surface area contributed by atoms with Gasteiger partial charge in [-0.05, 0) is 44.4 Å². The van der Waals surface area contributed by atoms with E-state index in [1.807, 2.05) is 18.2 Å². The van der Waals surface area contributed by atoms with Crippen molar-refractivity contribution in [2.24, 2.45) is 5.84 Å². The zero-order chi connectivity index (χ0) is 12.5. The third-order valence-electron chi connectivity index (χ3n) is 2.90. The number of fused-ring (bicyclic) bond motifs is 1. The maximum absolute atomic E-state index is 5.69. The first-order valence-corrected chi connectivity index (χ1v) is 7.13. The van der Waals surface area contributed by atoms with Crippen LogP contribution in [0.2, 0.25) is 0 Å². The van der Waals surface area contributed by atoms with Gasteiger partial charge in [-0.2, -0.15) is 0 Å². The molecule has 0 fully saturated rings. The summed E-state index contributed by atoms with van der Waals surface area (Å²) < 4.78 is 7.67. The van der Waals surface area contributed by atoms with Crippen molar-refractivity contribution in [1.29, 1.82) is 0 Å². The number of thiophene rings is 1. The van der Waals surface area contributed by atoms with Gasteiger partial charge in [0.15, 0.2) is 0 Å². The normalized spacial score (nSPS) is 13.0. The molecule has 1 aromatic carbocycles. The summed E-state index contributed by atoms with van der Waals surface area (Å²) in [4.78, 5) is 0. The number of hydrazine groups is 1. The summed E-state index contributed by atoms with van der Waals surface area (Å²) in [6.45, 7) is 0. The Morgan fingerprint density at radius 2 is 2.11 bits per heavy atom. The molecule has 0 aliphatic rings. The van der Waals surface area contributed by atoms with Crippen LogP contribution in [-0.2, 0) is 0 Å². The van der Waals surface area contributed by atoms with E-state index in [-0.39, 0.29) is 6.04 Å². The quantitative estimate of drug-likeness (QED) is 0.569. The molecule has 3 aromatic rings. The van der Waals surface area contributed by atoms with Gasteiger partial charge in [0.1, 0.15) is 11.8 Å². The van der Waals surface area contributed by atoms with Crippen molar-refractivity contribution in [2.45, 2.75) is 6.04 Å². The third-order valence-corrected chi connectivity index (χ3v) is 4.53. The second-order valence-electron chi connectivity index (χ2n) is 3.92. The summed E-state index contributed by atoms with van der Waals surface area (Å²) >= 11 is 5.18. The van der Waals surface area contributed by atoms with Crippen LogP contribution in [0.3, 0.4) is 0 Å². The summed E-state index contributed by atoms with van der Waals surface area (Å²) in [7, 11) is 0. The van der Waals surface area contributed by atoms with E-state index in [1.54, 1.807) is 17.6 Å². The topological polar surface area (TPSA) is 51.2 Å². The van der Waals surface area contributed by atoms with E-state index in [2.05, 4.69) is 38.9 Å². The molecule has 1 atom stereocenters. The van der Waals surface area contributed by atoms with Crippen LogP contribution in [0, 0.1) is 0 Å². The van der Waals surface area contributed by atoms with Gasteiger partial charge < -0.3 is 4.42 Å². The van der Waals surface area contributed by atoms with Gasteiger partial charge in [0.05, 0.1) is 10.7 Å². The number of nitrogens with two attached hydrogens (primary N) is 1. The largest absolute Gasteiger partial charge is 0.466 e. The molecule has 0 saturated carbocycles. The van der Waals surface area contributed by atoms with E-state index in [1.165, 1.54) is 10.1 Å². The van der Waals surface area contributed by atoms with Gasteiger partial charge >= 0.3 is 0 Å². The smallest absolute Gasteiger partial charge is 0.140 e. The maximum atomic E-state index is 5.69. The average molecular weight is 323 g/mol. The zero-order valence-corrected chi connectivity index (χ0v) is 11.8. The number of furan rings is 1. The summed E-state index contributed by atoms with van der Waals surface area (Å²) in [5.74, 6) is 6.48. The van der Waals surface area contributed by atoms with E-state index in [0.717, 1.165) is 15.8 Å². The molecular weight excluding hydrogens is 312 g/mol. The first-order chi connectivity index (χ1) is 8.81. The Hall–Kier alpha value is -1.14. The number of halogens is 1. The van der Waals surface area contributed by atoms with Gasteiger partial charge in [0, 0.05) is 4.70 Å². The molecule has 2 aromatic heterocycles. The van der Waals surface area contributed by atoms with Crippen LogP contribution in [-0.4, -0.2) is 0 Å². The molecule has 18 heavy (non-hydrogen) atoms. The minimum Gasteiger partial charge on any atom is -0.466 e. The van der Waals surface area contributed by atoms with Crippen LogP contribution in [0.4, 0.5) is 0 Å². The lowest BCUT2D eigenvalue weighted by molar-refractivity contribution is 0.451. The first kappa shape index (κ1) is 11.9. The number of hydrogen-bond donors (Lipinski definition) is 2. The Bertz CT molecular complexity index is 676. The predicted molar refractivity (Wildman–Crippen MR) is 77.4 cm³/mol. The molecule has 1 unspecified atom stereocenters. The van der Waals surface area contributed by atoms with Crippen LogP contribution in [0.15, 0.2) is 50.9 Å². The van der Waals surface area contributed by atoms with Gasteiger partial charge in [-0.1, -0.05) is 18.2 Å². The lowest BCUT2D eigenvalue weighted by atomic mass is 10.0. The molecule has 2 heterocycles. The second-order valence-corrected chi connectivity index (χ2v) is 5.69. The predicted octanol–water partition coefficient (Wildman–Crippen LogP) is 3.81. The maximum Gasteiger partial charge on any atom is 0.140 e. The minimum absolute atomic E-state index is 0.148. The molecule has 0 amide bonds. The van der Waals surface area contributed by atoms with E-state index in [0.29, 0.717) is 0 Å². The van der Waals surface area contributed by atoms with Crippen molar-refractivity contribution < 1.29 is 4.42 Å². The van der Waals surface area contributed by atoms with Crippen molar-refractivity contribution >= 4 is 37.4 Å². The van der Waals surface area contributed by atoms with Gasteiger partial charge in [-0.3, -0.25) is 5.84 Å². The molecule has 3 nitrogen and oxygen atoms in total. The van der Waals surface area contributed by atoms with Crippen LogP contribution in [0.1, 0.15) is 17.4 Å². The van der Waals surface area contributed by atoms with E-state index in [9.17, 15) is 0 Å². The number of benzene rings is 1. The summed E-state index contributed by atoms with van der Waals surface area (Å²) in [6.07, 6.45) is 1.65. The Labute approximate surface area is 117 Å². The zero-order valence-electron chi connectivity index (χ0n) is 9.39. The molecule has 0 radical (unpaired) electrons. The van der Waals surface area contributed by atoms with Gasteiger partial charge in [0.25, 0.3) is 0 Å². The fourth-order valence-electron chi connectivity index (χ4n) is 2.04. The number of rotatable bonds is 3. The van der Waals surface area contributed by atoms with Gasteiger partial charge in [-0.15, -0.1) is 11.3 Å². The molecule has 0 saturated heterocycles. The molecule has 92 valence electrons. The first-order valence-electron chi connectivity index (χ1n) is 5.46. The SMILES string of the molecule is NNC(c1occc1Br)c1csc2ccccc12. The molecule has 0 bridgehead atoms. The summed E-state index contributed by atoms with van der Waals surface area (Å²) in [5.41, 5.74) is 3.96. The highest BCUT2D eigenvalue weighted by Gasteiger charge is 2.21. The van der Waals surface area contributed by atoms with Crippen molar-refractivity contribution in [3.8, 4) is 0 Å². The van der Waals surface area contributed by atoms with Crippen LogP contribution in [0.25, 0.3) is 10.1 Å². The third kappa shape index (κ3) is 1.89. The fraction of sp³-hybridized carbons (Fsp3) is 0.0769. The van der Waals surface area contributed by atoms with E-state index in [4.69, 9.17) is 10.3 Å². The molecule has 5 heteroatoms. The molecular formula is C13H11BrN2OS. The minimum atomic E-state index is -0.148. The highest BCUT2D eigenvalue weighted by Crippen LogP contribution is 2.35. The van der Waals surface area contributed by atoms with Crippen molar-refractivity contribution in [3.05, 3.63) is 57.8 Å². The van der Waals surface area contributed by atoms with Crippen molar-refractivity contribution in [2.75, 3.05) is 0 Å². The molecule has 3 rings (SSSR count). The highest BCUT2D eigenvalue weighted by atomic mass is 79.9. The Morgan fingerprint density at radius 3 is 2.83 bits per heavy atom. The number of nitrogens with one attached hydrogen (secondary N) is 1. The van der Waals surface area contributed by atoms with Gasteiger partial charge in [0.2, 0.25) is 0 Å². The Balaban J connectivity index is 2.15. The van der Waals surface area contributed by atoms with Crippen molar-refractivity contribution in [1.82, 2.24) is 5.43 Å².